The zero-order valence-electron chi connectivity index (χ0n) is 14.1. The Hall–Kier alpha value is -1.35. The molecule has 2 nitrogen and oxygen atoms in total. The van der Waals surface area contributed by atoms with Crippen LogP contribution >= 0.6 is 0 Å². The summed E-state index contributed by atoms with van der Waals surface area (Å²) in [5.74, 6) is 1.36. The van der Waals surface area contributed by atoms with Crippen LogP contribution in [0.4, 0.5) is 4.39 Å². The van der Waals surface area contributed by atoms with Gasteiger partial charge in [0.15, 0.2) is 0 Å². The SMILES string of the molecule is CC/C=C(/O)CC1CCCC(c2cccc(F)c2)C1.CNC. The summed E-state index contributed by atoms with van der Waals surface area (Å²) in [6.07, 6.45) is 8.10. The van der Waals surface area contributed by atoms with E-state index in [1.165, 1.54) is 18.9 Å². The highest BCUT2D eigenvalue weighted by molar-refractivity contribution is 5.21. The van der Waals surface area contributed by atoms with Crippen molar-refractivity contribution in [3.8, 4) is 0 Å². The largest absolute Gasteiger partial charge is 0.513 e. The summed E-state index contributed by atoms with van der Waals surface area (Å²) < 4.78 is 13.3. The van der Waals surface area contributed by atoms with Crippen molar-refractivity contribution in [2.45, 2.75) is 51.4 Å². The molecule has 124 valence electrons. The molecule has 0 amide bonds. The lowest BCUT2D eigenvalue weighted by Crippen LogP contribution is -2.15. The van der Waals surface area contributed by atoms with E-state index in [0.717, 1.165) is 31.2 Å². The van der Waals surface area contributed by atoms with Crippen LogP contribution in [0.3, 0.4) is 0 Å². The third-order valence-corrected chi connectivity index (χ3v) is 4.04. The van der Waals surface area contributed by atoms with Gasteiger partial charge in [0.2, 0.25) is 0 Å². The van der Waals surface area contributed by atoms with Crippen LogP contribution in [0.15, 0.2) is 36.1 Å². The van der Waals surface area contributed by atoms with Gasteiger partial charge >= 0.3 is 0 Å². The Bertz CT molecular complexity index is 459. The maximum atomic E-state index is 13.3. The normalized spacial score (nSPS) is 21.9. The van der Waals surface area contributed by atoms with Crippen LogP contribution in [0.1, 0.15) is 56.9 Å². The molecule has 1 saturated carbocycles. The summed E-state index contributed by atoms with van der Waals surface area (Å²) in [5.41, 5.74) is 1.11. The summed E-state index contributed by atoms with van der Waals surface area (Å²) in [6, 6.07) is 6.98. The fourth-order valence-electron chi connectivity index (χ4n) is 3.15. The van der Waals surface area contributed by atoms with Gasteiger partial charge in [-0.05, 0) is 75.4 Å². The summed E-state index contributed by atoms with van der Waals surface area (Å²) in [7, 11) is 3.75. The zero-order chi connectivity index (χ0) is 16.4. The van der Waals surface area contributed by atoms with Crippen LogP contribution in [-0.4, -0.2) is 19.2 Å². The first-order valence-electron chi connectivity index (χ1n) is 8.32. The van der Waals surface area contributed by atoms with Gasteiger partial charge in [-0.3, -0.25) is 0 Å². The van der Waals surface area contributed by atoms with Crippen molar-refractivity contribution in [3.05, 3.63) is 47.5 Å². The minimum atomic E-state index is -0.145. The van der Waals surface area contributed by atoms with Crippen LogP contribution in [0.2, 0.25) is 0 Å². The van der Waals surface area contributed by atoms with E-state index in [1.807, 2.05) is 33.2 Å². The van der Waals surface area contributed by atoms with Crippen LogP contribution in [0.5, 0.6) is 0 Å². The molecule has 0 spiro atoms. The smallest absolute Gasteiger partial charge is 0.123 e. The summed E-state index contributed by atoms with van der Waals surface area (Å²) in [6.45, 7) is 2.03. The second kappa shape index (κ2) is 10.4. The number of hydrogen-bond acceptors (Lipinski definition) is 2. The first-order chi connectivity index (χ1) is 10.6. The molecule has 1 aromatic rings. The standard InChI is InChI=1S/C17H23FO.C2H7N/c1-2-5-17(19)11-13-6-3-7-14(10-13)15-8-4-9-16(18)12-15;1-3-2/h4-5,8-9,12-14,19H,2-3,6-7,10-11H2,1H3;3H,1-2H3/b17-5+;. The third-order valence-electron chi connectivity index (χ3n) is 4.04. The van der Waals surface area contributed by atoms with Crippen molar-refractivity contribution < 1.29 is 9.50 Å². The van der Waals surface area contributed by atoms with Crippen LogP contribution in [0, 0.1) is 11.7 Å². The van der Waals surface area contributed by atoms with E-state index in [-0.39, 0.29) is 5.82 Å². The molecule has 22 heavy (non-hydrogen) atoms. The summed E-state index contributed by atoms with van der Waals surface area (Å²) >= 11 is 0. The Morgan fingerprint density at radius 3 is 2.73 bits per heavy atom. The first-order valence-corrected chi connectivity index (χ1v) is 8.32. The fraction of sp³-hybridized carbons (Fsp3) is 0.579. The van der Waals surface area contributed by atoms with Gasteiger partial charge < -0.3 is 10.4 Å². The number of nitrogens with one attached hydrogen (secondary N) is 1. The van der Waals surface area contributed by atoms with Crippen LogP contribution < -0.4 is 5.32 Å². The molecule has 2 atom stereocenters. The molecule has 1 aliphatic rings. The molecule has 0 bridgehead atoms. The van der Waals surface area contributed by atoms with Gasteiger partial charge in [-0.1, -0.05) is 25.5 Å². The van der Waals surface area contributed by atoms with Crippen molar-refractivity contribution >= 4 is 0 Å². The molecule has 0 aliphatic heterocycles. The maximum Gasteiger partial charge on any atom is 0.123 e. The van der Waals surface area contributed by atoms with Crippen molar-refractivity contribution in [3.63, 3.8) is 0 Å². The Morgan fingerprint density at radius 1 is 1.36 bits per heavy atom. The summed E-state index contributed by atoms with van der Waals surface area (Å²) in [5, 5.41) is 12.6. The number of hydrogen-bond donors (Lipinski definition) is 2. The second-order valence-electron chi connectivity index (χ2n) is 6.09. The van der Waals surface area contributed by atoms with Crippen molar-refractivity contribution in [1.82, 2.24) is 5.32 Å². The molecule has 0 saturated heterocycles. The predicted octanol–water partition coefficient (Wildman–Crippen LogP) is 5.18. The number of halogens is 1. The van der Waals surface area contributed by atoms with Gasteiger partial charge in [-0.15, -0.1) is 0 Å². The topological polar surface area (TPSA) is 32.3 Å². The molecule has 1 fully saturated rings. The molecule has 0 heterocycles. The lowest BCUT2D eigenvalue weighted by molar-refractivity contribution is 0.276. The number of aliphatic hydroxyl groups excluding tert-OH is 1. The fourth-order valence-corrected chi connectivity index (χ4v) is 3.15. The Kier molecular flexibility index (Phi) is 8.83. The molecule has 2 unspecified atom stereocenters. The van der Waals surface area contributed by atoms with Gasteiger partial charge in [-0.2, -0.15) is 0 Å². The van der Waals surface area contributed by atoms with Gasteiger partial charge in [0.05, 0.1) is 5.76 Å². The van der Waals surface area contributed by atoms with Gasteiger partial charge in [-0.25, -0.2) is 4.39 Å². The van der Waals surface area contributed by atoms with E-state index in [2.05, 4.69) is 5.32 Å². The molecular formula is C19H30FNO. The van der Waals surface area contributed by atoms with E-state index < -0.39 is 0 Å². The maximum absolute atomic E-state index is 13.3. The molecule has 0 radical (unpaired) electrons. The number of rotatable bonds is 4. The minimum Gasteiger partial charge on any atom is -0.513 e. The minimum absolute atomic E-state index is 0.145. The van der Waals surface area contributed by atoms with E-state index in [0.29, 0.717) is 17.6 Å². The highest BCUT2D eigenvalue weighted by atomic mass is 19.1. The predicted molar refractivity (Wildman–Crippen MR) is 91.7 cm³/mol. The molecule has 1 aliphatic carbocycles. The average Bonchev–Trinajstić information content (AvgIpc) is 2.48. The first kappa shape index (κ1) is 18.7. The lowest BCUT2D eigenvalue weighted by atomic mass is 9.76. The number of aliphatic hydroxyl groups is 1. The number of allylic oxidation sites excluding steroid dienone is 2. The van der Waals surface area contributed by atoms with Crippen molar-refractivity contribution in [1.29, 1.82) is 0 Å². The molecule has 2 rings (SSSR count). The lowest BCUT2D eigenvalue weighted by Gasteiger charge is -2.29. The molecule has 0 aromatic heterocycles. The molecule has 3 heteroatoms. The van der Waals surface area contributed by atoms with Gasteiger partial charge in [0.25, 0.3) is 0 Å². The Labute approximate surface area is 134 Å². The quantitative estimate of drug-likeness (QED) is 0.751. The van der Waals surface area contributed by atoms with E-state index in [1.54, 1.807) is 12.1 Å². The van der Waals surface area contributed by atoms with Crippen LogP contribution in [0.25, 0.3) is 0 Å². The molecule has 1 aromatic carbocycles. The van der Waals surface area contributed by atoms with Gasteiger partial charge in [0, 0.05) is 6.42 Å². The monoisotopic (exact) mass is 307 g/mol. The van der Waals surface area contributed by atoms with Crippen LogP contribution in [-0.2, 0) is 0 Å². The van der Waals surface area contributed by atoms with Crippen molar-refractivity contribution in [2.75, 3.05) is 14.1 Å². The van der Waals surface area contributed by atoms with E-state index in [9.17, 15) is 9.50 Å². The second-order valence-corrected chi connectivity index (χ2v) is 6.09. The van der Waals surface area contributed by atoms with Crippen molar-refractivity contribution in [2.24, 2.45) is 5.92 Å². The zero-order valence-corrected chi connectivity index (χ0v) is 14.1. The average molecular weight is 307 g/mol. The third kappa shape index (κ3) is 6.61. The van der Waals surface area contributed by atoms with E-state index in [4.69, 9.17) is 0 Å². The molecular weight excluding hydrogens is 277 g/mol. The number of benzene rings is 1. The Balaban J connectivity index is 0.000000745. The van der Waals surface area contributed by atoms with E-state index >= 15 is 0 Å². The van der Waals surface area contributed by atoms with Gasteiger partial charge in [0.1, 0.15) is 5.82 Å². The molecule has 2 N–H and O–H groups in total. The Morgan fingerprint density at radius 2 is 2.09 bits per heavy atom. The summed E-state index contributed by atoms with van der Waals surface area (Å²) in [4.78, 5) is 0. The highest BCUT2D eigenvalue weighted by Gasteiger charge is 2.24. The highest BCUT2D eigenvalue weighted by Crippen LogP contribution is 2.38.